The molecule has 2 rings (SSSR count). The number of ether oxygens (including phenoxy) is 4. The number of carbonyl (C=O) groups excluding carboxylic acids is 5. The van der Waals surface area contributed by atoms with Gasteiger partial charge >= 0.3 is 17.9 Å². The quantitative estimate of drug-likeness (QED) is 0.0286. The molecule has 0 spiro atoms. The van der Waals surface area contributed by atoms with Crippen LogP contribution in [0.15, 0.2) is 30.5 Å². The van der Waals surface area contributed by atoms with Gasteiger partial charge in [-0.1, -0.05) is 194 Å². The molecule has 1 aromatic carbocycles. The second-order valence-corrected chi connectivity index (χ2v) is 20.5. The fourth-order valence-corrected chi connectivity index (χ4v) is 9.14. The zero-order valence-corrected chi connectivity index (χ0v) is 46.7. The van der Waals surface area contributed by atoms with Gasteiger partial charge in [-0.3, -0.25) is 19.2 Å². The Hall–Kier alpha value is -3.89. The molecule has 0 saturated heterocycles. The third-order valence-corrected chi connectivity index (χ3v) is 13.8. The second-order valence-electron chi connectivity index (χ2n) is 20.5. The first-order chi connectivity index (χ1) is 35.2. The largest absolute Gasteiger partial charge is 0.468 e. The van der Waals surface area contributed by atoms with Crippen molar-refractivity contribution >= 4 is 41.2 Å². The van der Waals surface area contributed by atoms with Crippen LogP contribution in [0.5, 0.6) is 0 Å². The molecule has 0 saturated carbocycles. The lowest BCUT2D eigenvalue weighted by atomic mass is 9.94. The van der Waals surface area contributed by atoms with Crippen molar-refractivity contribution in [1.82, 2.24) is 10.3 Å². The van der Waals surface area contributed by atoms with Crippen LogP contribution in [0.4, 0.5) is 0 Å². The van der Waals surface area contributed by atoms with Crippen molar-refractivity contribution < 1.29 is 42.9 Å². The number of unbranched alkanes of at least 4 members (excludes halogenated alkanes) is 22. The monoisotopic (exact) mass is 1010 g/mol. The molecule has 2 aromatic rings. The van der Waals surface area contributed by atoms with Gasteiger partial charge in [-0.2, -0.15) is 0 Å². The number of aromatic amines is 1. The van der Waals surface area contributed by atoms with E-state index in [9.17, 15) is 24.0 Å². The van der Waals surface area contributed by atoms with Crippen LogP contribution in [-0.4, -0.2) is 67.7 Å². The van der Waals surface area contributed by atoms with Crippen LogP contribution in [0, 0.1) is 11.8 Å². The van der Waals surface area contributed by atoms with Crippen LogP contribution < -0.4 is 5.32 Å². The van der Waals surface area contributed by atoms with Crippen molar-refractivity contribution in [2.45, 2.75) is 272 Å². The highest BCUT2D eigenvalue weighted by molar-refractivity contribution is 5.86. The van der Waals surface area contributed by atoms with Gasteiger partial charge in [0.15, 0.2) is 0 Å². The molecule has 11 heteroatoms. The van der Waals surface area contributed by atoms with Gasteiger partial charge < -0.3 is 29.2 Å². The van der Waals surface area contributed by atoms with Crippen LogP contribution in [0.25, 0.3) is 10.9 Å². The summed E-state index contributed by atoms with van der Waals surface area (Å²) < 4.78 is 21.3. The van der Waals surface area contributed by atoms with Crippen molar-refractivity contribution in [3.8, 4) is 0 Å². The minimum absolute atomic E-state index is 0.00675. The minimum atomic E-state index is -0.971. The van der Waals surface area contributed by atoms with E-state index in [4.69, 9.17) is 14.2 Å². The average Bonchev–Trinajstić information content (AvgIpc) is 3.80. The minimum Gasteiger partial charge on any atom is -0.468 e. The highest BCUT2D eigenvalue weighted by Crippen LogP contribution is 2.22. The normalized spacial score (nSPS) is 12.3. The molecule has 0 aliphatic heterocycles. The smallest absolute Gasteiger partial charge is 0.328 e. The Morgan fingerprint density at radius 1 is 0.528 bits per heavy atom. The molecule has 0 radical (unpaired) electrons. The van der Waals surface area contributed by atoms with Crippen LogP contribution in [0.3, 0.4) is 0 Å². The van der Waals surface area contributed by atoms with E-state index in [0.717, 1.165) is 93.0 Å². The summed E-state index contributed by atoms with van der Waals surface area (Å²) >= 11 is 0. The maximum Gasteiger partial charge on any atom is 0.328 e. The van der Waals surface area contributed by atoms with Crippen LogP contribution in [0.1, 0.15) is 265 Å². The standard InChI is InChI=1S/C45H72N2O9.C16H34/c1-3-5-7-9-10-16-24-37(23-15-8-6-4-2)44(51)55-33-21-13-14-22-34-56-45(52)41(28-30-43(50)54-32-20-12-11-19-31-53-36-48)47-42(49)29-27-38-35-46-40-26-18-17-25-39(38)40;1-4-6-8-10-11-13-15-16(3)14-12-9-7-5-2/h17-18,25-26,35-37,41,46H,3-16,19-24,27-34H2,1-2H3,(H,47,49);16H,4-15H2,1-3H3. The summed E-state index contributed by atoms with van der Waals surface area (Å²) in [5, 5.41) is 3.85. The fraction of sp³-hybridized carbons (Fsp3) is 0.787. The van der Waals surface area contributed by atoms with Crippen molar-refractivity contribution in [2.75, 3.05) is 26.4 Å². The van der Waals surface area contributed by atoms with Gasteiger partial charge in [0, 0.05) is 29.9 Å². The summed E-state index contributed by atoms with van der Waals surface area (Å²) in [6.07, 6.45) is 39.8. The summed E-state index contributed by atoms with van der Waals surface area (Å²) in [5.74, 6) is -0.393. The molecule has 1 heterocycles. The summed E-state index contributed by atoms with van der Waals surface area (Å²) in [7, 11) is 0. The number of H-pyrrole nitrogens is 1. The number of aryl methyl sites for hydroxylation is 1. The molecule has 2 N–H and O–H groups in total. The molecular weight excluding hydrogens is 905 g/mol. The number of fused-ring (bicyclic) bond motifs is 1. The van der Waals surface area contributed by atoms with Gasteiger partial charge in [0.2, 0.25) is 5.91 Å². The molecule has 3 unspecified atom stereocenters. The Balaban J connectivity index is 0.00000138. The molecule has 1 aromatic heterocycles. The molecule has 0 fully saturated rings. The Labute approximate surface area is 438 Å². The first kappa shape index (κ1) is 66.1. The van der Waals surface area contributed by atoms with Gasteiger partial charge in [0.05, 0.1) is 32.3 Å². The number of nitrogens with one attached hydrogen (secondary N) is 2. The highest BCUT2D eigenvalue weighted by atomic mass is 16.5. The highest BCUT2D eigenvalue weighted by Gasteiger charge is 2.24. The third kappa shape index (κ3) is 36.9. The Morgan fingerprint density at radius 3 is 1.54 bits per heavy atom. The molecule has 0 aliphatic rings. The van der Waals surface area contributed by atoms with E-state index in [1.54, 1.807) is 0 Å². The maximum absolute atomic E-state index is 13.1. The SMILES string of the molecule is CCCCCCCCC(C)CCCCCC.CCCCCCCCC(CCCCCC)C(=O)OCCCCCCOC(=O)C(CCC(=O)OCCCCCCOC=O)NC(=O)CCc1c[nH]c2ccccc12. The number of esters is 3. The van der Waals surface area contributed by atoms with Gasteiger partial charge in [-0.25, -0.2) is 4.79 Å². The van der Waals surface area contributed by atoms with E-state index >= 15 is 0 Å². The molecule has 72 heavy (non-hydrogen) atoms. The van der Waals surface area contributed by atoms with Crippen molar-refractivity contribution in [3.05, 3.63) is 36.0 Å². The van der Waals surface area contributed by atoms with Crippen molar-refractivity contribution in [2.24, 2.45) is 11.8 Å². The van der Waals surface area contributed by atoms with Crippen molar-refractivity contribution in [1.29, 1.82) is 0 Å². The molecule has 0 bridgehead atoms. The molecular formula is C61H106N2O9. The summed E-state index contributed by atoms with van der Waals surface area (Å²) in [6, 6.07) is 6.91. The first-order valence-electron chi connectivity index (χ1n) is 29.6. The van der Waals surface area contributed by atoms with Crippen LogP contribution in [0.2, 0.25) is 0 Å². The number of hydrogen-bond acceptors (Lipinski definition) is 9. The van der Waals surface area contributed by atoms with E-state index in [1.807, 2.05) is 30.5 Å². The number of hydrogen-bond donors (Lipinski definition) is 2. The van der Waals surface area contributed by atoms with Gasteiger partial charge in [-0.05, 0) is 94.6 Å². The average molecular weight is 1010 g/mol. The van der Waals surface area contributed by atoms with E-state index in [-0.39, 0.29) is 50.3 Å². The number of para-hydroxylation sites is 1. The summed E-state index contributed by atoms with van der Waals surface area (Å²) in [6.45, 7) is 13.1. The lowest BCUT2D eigenvalue weighted by Gasteiger charge is -2.18. The zero-order chi connectivity index (χ0) is 52.5. The number of carbonyl (C=O) groups is 5. The maximum atomic E-state index is 13.1. The van der Waals surface area contributed by atoms with E-state index < -0.39 is 18.0 Å². The Morgan fingerprint density at radius 2 is 0.986 bits per heavy atom. The molecule has 414 valence electrons. The van der Waals surface area contributed by atoms with Crippen LogP contribution >= 0.6 is 0 Å². The van der Waals surface area contributed by atoms with Crippen molar-refractivity contribution in [3.63, 3.8) is 0 Å². The lowest BCUT2D eigenvalue weighted by molar-refractivity contribution is -0.150. The topological polar surface area (TPSA) is 150 Å². The van der Waals surface area contributed by atoms with E-state index in [0.29, 0.717) is 38.9 Å². The predicted octanol–water partition coefficient (Wildman–Crippen LogP) is 16.0. The fourth-order valence-electron chi connectivity index (χ4n) is 9.14. The number of rotatable bonds is 48. The predicted molar refractivity (Wildman–Crippen MR) is 296 cm³/mol. The number of benzene rings is 1. The first-order valence-corrected chi connectivity index (χ1v) is 29.6. The zero-order valence-electron chi connectivity index (χ0n) is 46.7. The summed E-state index contributed by atoms with van der Waals surface area (Å²) in [5.41, 5.74) is 2.01. The molecule has 1 amide bonds. The van der Waals surface area contributed by atoms with E-state index in [1.165, 1.54) is 122 Å². The Bertz CT molecular complexity index is 1610. The van der Waals surface area contributed by atoms with Crippen LogP contribution in [-0.2, 0) is 49.3 Å². The number of amides is 1. The molecule has 11 nitrogen and oxygen atoms in total. The number of aromatic nitrogens is 1. The second kappa shape index (κ2) is 48.1. The summed E-state index contributed by atoms with van der Waals surface area (Å²) in [4.78, 5) is 65.0. The Kier molecular flexibility index (Phi) is 44.2. The van der Waals surface area contributed by atoms with Gasteiger partial charge in [0.25, 0.3) is 6.47 Å². The van der Waals surface area contributed by atoms with Gasteiger partial charge in [0.1, 0.15) is 6.04 Å². The molecule has 0 aliphatic carbocycles. The lowest BCUT2D eigenvalue weighted by Crippen LogP contribution is -2.42. The van der Waals surface area contributed by atoms with E-state index in [2.05, 4.69) is 49.7 Å². The molecule has 3 atom stereocenters. The third-order valence-electron chi connectivity index (χ3n) is 13.8. The van der Waals surface area contributed by atoms with Gasteiger partial charge in [-0.15, -0.1) is 0 Å².